The van der Waals surface area contributed by atoms with Crippen LogP contribution in [0.2, 0.25) is 0 Å². The maximum Gasteiger partial charge on any atom is 0.280 e. The smallest absolute Gasteiger partial charge is 0.280 e. The average molecular weight is 378 g/mol. The number of nitriles is 1. The Morgan fingerprint density at radius 1 is 1.19 bits per heavy atom. The van der Waals surface area contributed by atoms with Crippen molar-refractivity contribution in [3.05, 3.63) is 53.2 Å². The van der Waals surface area contributed by atoms with E-state index in [1.165, 1.54) is 17.5 Å². The number of pyridine rings is 1. The lowest BCUT2D eigenvalue weighted by molar-refractivity contribution is 0.0890. The van der Waals surface area contributed by atoms with Gasteiger partial charge >= 0.3 is 0 Å². The Hall–Kier alpha value is -2.98. The van der Waals surface area contributed by atoms with Gasteiger partial charge in [0.1, 0.15) is 12.2 Å². The number of carbonyl (C=O) groups is 1. The summed E-state index contributed by atoms with van der Waals surface area (Å²) in [6.45, 7) is 0. The summed E-state index contributed by atoms with van der Waals surface area (Å²) in [6.07, 6.45) is 5.02. The van der Waals surface area contributed by atoms with Crippen LogP contribution in [0.15, 0.2) is 42.6 Å². The number of hydrogen-bond donors (Lipinski definition) is 1. The summed E-state index contributed by atoms with van der Waals surface area (Å²) in [5.41, 5.74) is 1.38. The van der Waals surface area contributed by atoms with Crippen LogP contribution in [0.25, 0.3) is 10.2 Å². The molecule has 136 valence electrons. The molecule has 1 aliphatic rings. The number of nitrogens with one attached hydrogen (secondary N) is 1. The molecule has 0 aliphatic heterocycles. The molecule has 0 bridgehead atoms. The monoisotopic (exact) mass is 378 g/mol. The van der Waals surface area contributed by atoms with E-state index in [4.69, 9.17) is 10.00 Å². The highest BCUT2D eigenvalue weighted by Crippen LogP contribution is 2.25. The van der Waals surface area contributed by atoms with Crippen LogP contribution in [0.5, 0.6) is 5.88 Å². The zero-order valence-corrected chi connectivity index (χ0v) is 15.4. The molecule has 6 nitrogen and oxygen atoms in total. The molecule has 1 saturated carbocycles. The van der Waals surface area contributed by atoms with Gasteiger partial charge in [-0.2, -0.15) is 5.26 Å². The summed E-state index contributed by atoms with van der Waals surface area (Å²) >= 11 is 1.42. The first kappa shape index (κ1) is 17.4. The van der Waals surface area contributed by atoms with E-state index in [1.54, 1.807) is 12.1 Å². The summed E-state index contributed by atoms with van der Waals surface area (Å²) in [5, 5.41) is 12.4. The Bertz CT molecular complexity index is 952. The zero-order valence-electron chi connectivity index (χ0n) is 14.6. The van der Waals surface area contributed by atoms with Crippen LogP contribution in [0, 0.1) is 11.3 Å². The molecule has 0 radical (unpaired) electrons. The molecule has 1 fully saturated rings. The fourth-order valence-electron chi connectivity index (χ4n) is 3.23. The van der Waals surface area contributed by atoms with Crippen LogP contribution in [0.1, 0.15) is 41.0 Å². The quantitative estimate of drug-likeness (QED) is 0.748. The molecule has 27 heavy (non-hydrogen) atoms. The van der Waals surface area contributed by atoms with Gasteiger partial charge in [0.2, 0.25) is 5.88 Å². The topological polar surface area (TPSA) is 87.9 Å². The number of nitrogens with zero attached hydrogens (tertiary/aromatic N) is 3. The third kappa shape index (κ3) is 4.07. The lowest BCUT2D eigenvalue weighted by atomic mass is 9.93. The normalized spacial score (nSPS) is 19.4. The Labute approximate surface area is 160 Å². The number of para-hydroxylation sites is 1. The molecule has 7 heteroatoms. The first-order valence-electron chi connectivity index (χ1n) is 8.90. The van der Waals surface area contributed by atoms with E-state index >= 15 is 0 Å². The minimum atomic E-state index is -0.102. The largest absolute Gasteiger partial charge is 0.474 e. The number of amides is 1. The van der Waals surface area contributed by atoms with E-state index in [-0.39, 0.29) is 18.1 Å². The van der Waals surface area contributed by atoms with E-state index in [0.717, 1.165) is 35.9 Å². The Balaban J connectivity index is 1.29. The Morgan fingerprint density at radius 3 is 2.70 bits per heavy atom. The molecule has 4 rings (SSSR count). The highest BCUT2D eigenvalue weighted by Gasteiger charge is 2.25. The number of fused-ring (bicyclic) bond motifs is 1. The number of ether oxygens (including phenoxy) is 1. The molecule has 0 spiro atoms. The van der Waals surface area contributed by atoms with Crippen molar-refractivity contribution in [3.63, 3.8) is 0 Å². The van der Waals surface area contributed by atoms with Gasteiger partial charge < -0.3 is 10.1 Å². The molecule has 0 atom stereocenters. The fourth-order valence-corrected chi connectivity index (χ4v) is 4.10. The fraction of sp³-hybridized carbons (Fsp3) is 0.300. The van der Waals surface area contributed by atoms with Gasteiger partial charge in [-0.05, 0) is 43.9 Å². The molecule has 1 aliphatic carbocycles. The second-order valence-electron chi connectivity index (χ2n) is 6.55. The van der Waals surface area contributed by atoms with Gasteiger partial charge in [0.25, 0.3) is 5.91 Å². The summed E-state index contributed by atoms with van der Waals surface area (Å²) in [4.78, 5) is 21.0. The maximum absolute atomic E-state index is 12.5. The number of thiazole rings is 1. The summed E-state index contributed by atoms with van der Waals surface area (Å²) in [6, 6.07) is 13.4. The summed E-state index contributed by atoms with van der Waals surface area (Å²) in [5.74, 6) is 0.435. The molecule has 0 saturated heterocycles. The second-order valence-corrected chi connectivity index (χ2v) is 7.58. The minimum Gasteiger partial charge on any atom is -0.474 e. The van der Waals surface area contributed by atoms with Gasteiger partial charge in [0, 0.05) is 18.3 Å². The third-order valence-electron chi connectivity index (χ3n) is 4.65. The van der Waals surface area contributed by atoms with Crippen molar-refractivity contribution in [1.82, 2.24) is 15.3 Å². The van der Waals surface area contributed by atoms with Crippen molar-refractivity contribution in [1.29, 1.82) is 5.26 Å². The standard InChI is InChI=1S/C20H18N4O2S/c21-11-13-5-10-18(22-12-13)26-15-8-6-14(7-9-15)23-19(25)20-24-16-3-1-2-4-17(16)27-20/h1-5,10,12,14-15H,6-9H2,(H,23,25). The van der Waals surface area contributed by atoms with E-state index < -0.39 is 0 Å². The molecule has 1 amide bonds. The van der Waals surface area contributed by atoms with Crippen LogP contribution >= 0.6 is 11.3 Å². The molecule has 2 heterocycles. The van der Waals surface area contributed by atoms with Crippen LogP contribution in [-0.2, 0) is 0 Å². The van der Waals surface area contributed by atoms with Crippen LogP contribution in [0.4, 0.5) is 0 Å². The molecule has 1 N–H and O–H groups in total. The Morgan fingerprint density at radius 2 is 2.00 bits per heavy atom. The van der Waals surface area contributed by atoms with Crippen molar-refractivity contribution < 1.29 is 9.53 Å². The highest BCUT2D eigenvalue weighted by molar-refractivity contribution is 7.20. The summed E-state index contributed by atoms with van der Waals surface area (Å²) < 4.78 is 6.91. The van der Waals surface area contributed by atoms with E-state index in [0.29, 0.717) is 16.5 Å². The predicted molar refractivity (Wildman–Crippen MR) is 103 cm³/mol. The maximum atomic E-state index is 12.5. The van der Waals surface area contributed by atoms with Gasteiger partial charge in [-0.15, -0.1) is 11.3 Å². The van der Waals surface area contributed by atoms with Gasteiger partial charge in [-0.1, -0.05) is 12.1 Å². The SMILES string of the molecule is N#Cc1ccc(OC2CCC(NC(=O)c3nc4ccccc4s3)CC2)nc1. The van der Waals surface area contributed by atoms with Crippen LogP contribution in [-0.4, -0.2) is 28.0 Å². The molecule has 0 unspecified atom stereocenters. The lowest BCUT2D eigenvalue weighted by Gasteiger charge is -2.29. The first-order valence-corrected chi connectivity index (χ1v) is 9.72. The number of aromatic nitrogens is 2. The number of rotatable bonds is 4. The molecule has 1 aromatic carbocycles. The van der Waals surface area contributed by atoms with Gasteiger partial charge in [-0.3, -0.25) is 4.79 Å². The second kappa shape index (κ2) is 7.72. The number of hydrogen-bond acceptors (Lipinski definition) is 6. The lowest BCUT2D eigenvalue weighted by Crippen LogP contribution is -2.39. The van der Waals surface area contributed by atoms with E-state index in [9.17, 15) is 4.79 Å². The van der Waals surface area contributed by atoms with Crippen LogP contribution in [0.3, 0.4) is 0 Å². The number of carbonyl (C=O) groups excluding carboxylic acids is 1. The predicted octanol–water partition coefficient (Wildman–Crippen LogP) is 3.68. The molecule has 2 aromatic heterocycles. The number of benzene rings is 1. The van der Waals surface area contributed by atoms with Gasteiger partial charge in [0.15, 0.2) is 5.01 Å². The third-order valence-corrected chi connectivity index (χ3v) is 5.69. The van der Waals surface area contributed by atoms with Crippen molar-refractivity contribution in [2.45, 2.75) is 37.8 Å². The van der Waals surface area contributed by atoms with Crippen molar-refractivity contribution >= 4 is 27.5 Å². The van der Waals surface area contributed by atoms with Gasteiger partial charge in [-0.25, -0.2) is 9.97 Å². The molecular weight excluding hydrogens is 360 g/mol. The first-order chi connectivity index (χ1) is 13.2. The van der Waals surface area contributed by atoms with Crippen LogP contribution < -0.4 is 10.1 Å². The average Bonchev–Trinajstić information content (AvgIpc) is 3.14. The van der Waals surface area contributed by atoms with Crippen molar-refractivity contribution in [2.75, 3.05) is 0 Å². The van der Waals surface area contributed by atoms with Crippen molar-refractivity contribution in [2.24, 2.45) is 0 Å². The zero-order chi connectivity index (χ0) is 18.6. The highest BCUT2D eigenvalue weighted by atomic mass is 32.1. The minimum absolute atomic E-state index is 0.0843. The molecule has 3 aromatic rings. The van der Waals surface area contributed by atoms with E-state index in [1.807, 2.05) is 30.3 Å². The van der Waals surface area contributed by atoms with Crippen molar-refractivity contribution in [3.8, 4) is 11.9 Å². The van der Waals surface area contributed by atoms with E-state index in [2.05, 4.69) is 15.3 Å². The molecular formula is C20H18N4O2S. The van der Waals surface area contributed by atoms with Gasteiger partial charge in [0.05, 0.1) is 15.8 Å². The Kier molecular flexibility index (Phi) is 4.99. The summed E-state index contributed by atoms with van der Waals surface area (Å²) in [7, 11) is 0.